The van der Waals surface area contributed by atoms with Gasteiger partial charge in [-0.3, -0.25) is 4.90 Å². The van der Waals surface area contributed by atoms with Crippen LogP contribution in [-0.4, -0.2) is 36.6 Å². The highest BCUT2D eigenvalue weighted by atomic mass is 15.2. The lowest BCUT2D eigenvalue weighted by Gasteiger charge is -2.46. The topological polar surface area (TPSA) is 15.3 Å². The van der Waals surface area contributed by atoms with E-state index in [1.807, 2.05) is 0 Å². The molecule has 2 nitrogen and oxygen atoms in total. The molecule has 15 heavy (non-hydrogen) atoms. The fourth-order valence-corrected chi connectivity index (χ4v) is 3.28. The van der Waals surface area contributed by atoms with E-state index in [2.05, 4.69) is 31.0 Å². The zero-order valence-corrected chi connectivity index (χ0v) is 10.5. The quantitative estimate of drug-likeness (QED) is 0.713. The van der Waals surface area contributed by atoms with E-state index in [0.29, 0.717) is 0 Å². The van der Waals surface area contributed by atoms with Crippen LogP contribution in [0.5, 0.6) is 0 Å². The molecule has 0 bridgehead atoms. The second kappa shape index (κ2) is 4.84. The van der Waals surface area contributed by atoms with Gasteiger partial charge in [0, 0.05) is 18.6 Å². The van der Waals surface area contributed by atoms with Crippen LogP contribution in [0.15, 0.2) is 0 Å². The molecule has 0 spiro atoms. The van der Waals surface area contributed by atoms with Gasteiger partial charge in [-0.1, -0.05) is 13.8 Å². The fourth-order valence-electron chi connectivity index (χ4n) is 3.28. The summed E-state index contributed by atoms with van der Waals surface area (Å²) in [6.45, 7) is 11.0. The van der Waals surface area contributed by atoms with Crippen molar-refractivity contribution in [2.45, 2.75) is 52.1 Å². The Morgan fingerprint density at radius 2 is 1.87 bits per heavy atom. The normalized spacial score (nSPS) is 44.2. The summed E-state index contributed by atoms with van der Waals surface area (Å²) in [6, 6.07) is 1.65. The van der Waals surface area contributed by atoms with Crippen LogP contribution in [0.3, 0.4) is 0 Å². The lowest BCUT2D eigenvalue weighted by atomic mass is 9.87. The van der Waals surface area contributed by atoms with Gasteiger partial charge in [0.1, 0.15) is 0 Å². The zero-order chi connectivity index (χ0) is 10.8. The van der Waals surface area contributed by atoms with Gasteiger partial charge in [0.2, 0.25) is 0 Å². The molecule has 0 aliphatic carbocycles. The number of nitrogens with zero attached hydrogens (tertiary/aromatic N) is 1. The van der Waals surface area contributed by atoms with E-state index in [9.17, 15) is 0 Å². The molecule has 0 aromatic carbocycles. The van der Waals surface area contributed by atoms with Crippen LogP contribution in [0.4, 0.5) is 0 Å². The van der Waals surface area contributed by atoms with Gasteiger partial charge in [0.15, 0.2) is 0 Å². The first kappa shape index (κ1) is 11.4. The first-order chi connectivity index (χ1) is 7.18. The van der Waals surface area contributed by atoms with Crippen LogP contribution in [-0.2, 0) is 0 Å². The Labute approximate surface area is 94.4 Å². The van der Waals surface area contributed by atoms with Crippen LogP contribution in [0.1, 0.15) is 40.0 Å². The van der Waals surface area contributed by atoms with Gasteiger partial charge in [-0.05, 0) is 51.1 Å². The van der Waals surface area contributed by atoms with Crippen molar-refractivity contribution >= 4 is 0 Å². The zero-order valence-electron chi connectivity index (χ0n) is 10.5. The molecule has 2 saturated heterocycles. The molecule has 2 heterocycles. The third-order valence-electron chi connectivity index (χ3n) is 4.33. The average molecular weight is 210 g/mol. The smallest absolute Gasteiger partial charge is 0.0148 e. The molecule has 4 unspecified atom stereocenters. The average Bonchev–Trinajstić information content (AvgIpc) is 2.23. The summed E-state index contributed by atoms with van der Waals surface area (Å²) < 4.78 is 0. The number of hydrogen-bond donors (Lipinski definition) is 1. The number of nitrogens with one attached hydrogen (secondary N) is 1. The Kier molecular flexibility index (Phi) is 3.68. The Bertz CT molecular complexity index is 205. The van der Waals surface area contributed by atoms with Crippen molar-refractivity contribution in [3.8, 4) is 0 Å². The van der Waals surface area contributed by atoms with Gasteiger partial charge < -0.3 is 5.32 Å². The van der Waals surface area contributed by atoms with E-state index in [1.165, 1.54) is 38.9 Å². The second-order valence-electron chi connectivity index (χ2n) is 5.77. The first-order valence-corrected chi connectivity index (χ1v) is 6.65. The predicted octanol–water partition coefficient (Wildman–Crippen LogP) is 2.10. The molecule has 88 valence electrons. The third-order valence-corrected chi connectivity index (χ3v) is 4.33. The molecule has 4 atom stereocenters. The van der Waals surface area contributed by atoms with Crippen LogP contribution in [0, 0.1) is 11.8 Å². The van der Waals surface area contributed by atoms with Crippen molar-refractivity contribution in [2.24, 2.45) is 11.8 Å². The van der Waals surface area contributed by atoms with E-state index >= 15 is 0 Å². The number of rotatable bonds is 1. The Morgan fingerprint density at radius 1 is 1.07 bits per heavy atom. The summed E-state index contributed by atoms with van der Waals surface area (Å²) in [6.07, 6.45) is 4.17. The van der Waals surface area contributed by atoms with Gasteiger partial charge in [0.05, 0.1) is 0 Å². The molecule has 2 aliphatic heterocycles. The van der Waals surface area contributed by atoms with Gasteiger partial charge in [-0.25, -0.2) is 0 Å². The first-order valence-electron chi connectivity index (χ1n) is 6.65. The molecule has 0 amide bonds. The minimum absolute atomic E-state index is 0.812. The largest absolute Gasteiger partial charge is 0.316 e. The minimum Gasteiger partial charge on any atom is -0.316 e. The lowest BCUT2D eigenvalue weighted by molar-refractivity contribution is 0.0369. The summed E-state index contributed by atoms with van der Waals surface area (Å²) in [7, 11) is 0. The predicted molar refractivity (Wildman–Crippen MR) is 65.0 cm³/mol. The van der Waals surface area contributed by atoms with Crippen LogP contribution in [0.25, 0.3) is 0 Å². The molecule has 0 saturated carbocycles. The van der Waals surface area contributed by atoms with Crippen LogP contribution in [0.2, 0.25) is 0 Å². The number of hydrogen-bond acceptors (Lipinski definition) is 2. The van der Waals surface area contributed by atoms with E-state index in [4.69, 9.17) is 0 Å². The fraction of sp³-hybridized carbons (Fsp3) is 1.00. The van der Waals surface area contributed by atoms with Crippen LogP contribution >= 0.6 is 0 Å². The maximum absolute atomic E-state index is 3.50. The van der Waals surface area contributed by atoms with Crippen LogP contribution < -0.4 is 5.32 Å². The summed E-state index contributed by atoms with van der Waals surface area (Å²) in [5.74, 6) is 1.73. The SMILES string of the molecule is CC1CCC(C)N(C2CCNCC2C)C1. The summed E-state index contributed by atoms with van der Waals surface area (Å²) >= 11 is 0. The molecule has 0 aromatic heterocycles. The van der Waals surface area contributed by atoms with Gasteiger partial charge in [0.25, 0.3) is 0 Å². The highest BCUT2D eigenvalue weighted by molar-refractivity contribution is 4.88. The van der Waals surface area contributed by atoms with E-state index in [-0.39, 0.29) is 0 Å². The summed E-state index contributed by atoms with van der Waals surface area (Å²) in [5.41, 5.74) is 0. The maximum atomic E-state index is 3.50. The molecule has 2 heteroatoms. The third kappa shape index (κ3) is 2.54. The summed E-state index contributed by atoms with van der Waals surface area (Å²) in [5, 5.41) is 3.50. The Balaban J connectivity index is 1.99. The molecule has 2 rings (SSSR count). The highest BCUT2D eigenvalue weighted by Gasteiger charge is 2.33. The molecule has 0 aromatic rings. The molecule has 1 N–H and O–H groups in total. The standard InChI is InChI=1S/C13H26N2/c1-10-4-5-12(3)15(9-10)13-6-7-14-8-11(13)2/h10-14H,4-9H2,1-3H3. The number of piperidine rings is 2. The Hall–Kier alpha value is -0.0800. The second-order valence-corrected chi connectivity index (χ2v) is 5.77. The maximum Gasteiger partial charge on any atom is 0.0148 e. The molecular weight excluding hydrogens is 184 g/mol. The molecule has 2 fully saturated rings. The minimum atomic E-state index is 0.812. The van der Waals surface area contributed by atoms with Crippen molar-refractivity contribution in [3.05, 3.63) is 0 Å². The number of likely N-dealkylation sites (tertiary alicyclic amines) is 1. The van der Waals surface area contributed by atoms with Crippen molar-refractivity contribution in [1.29, 1.82) is 0 Å². The molecule has 2 aliphatic rings. The highest BCUT2D eigenvalue weighted by Crippen LogP contribution is 2.28. The lowest BCUT2D eigenvalue weighted by Crippen LogP contribution is -2.54. The van der Waals surface area contributed by atoms with Crippen molar-refractivity contribution in [1.82, 2.24) is 10.2 Å². The monoisotopic (exact) mass is 210 g/mol. The van der Waals surface area contributed by atoms with Crippen molar-refractivity contribution in [3.63, 3.8) is 0 Å². The van der Waals surface area contributed by atoms with E-state index < -0.39 is 0 Å². The Morgan fingerprint density at radius 3 is 2.60 bits per heavy atom. The van der Waals surface area contributed by atoms with Crippen molar-refractivity contribution < 1.29 is 0 Å². The van der Waals surface area contributed by atoms with Gasteiger partial charge in [-0.2, -0.15) is 0 Å². The van der Waals surface area contributed by atoms with Gasteiger partial charge in [-0.15, -0.1) is 0 Å². The summed E-state index contributed by atoms with van der Waals surface area (Å²) in [4.78, 5) is 2.79. The molecule has 0 radical (unpaired) electrons. The van der Waals surface area contributed by atoms with Crippen molar-refractivity contribution in [2.75, 3.05) is 19.6 Å². The van der Waals surface area contributed by atoms with Gasteiger partial charge >= 0.3 is 0 Å². The van der Waals surface area contributed by atoms with E-state index in [0.717, 1.165) is 23.9 Å². The van der Waals surface area contributed by atoms with E-state index in [1.54, 1.807) is 0 Å². The molecular formula is C13H26N2.